The van der Waals surface area contributed by atoms with Crippen LogP contribution in [0.15, 0.2) is 18.2 Å². The fourth-order valence-electron chi connectivity index (χ4n) is 1.26. The highest BCUT2D eigenvalue weighted by Crippen LogP contribution is 2.25. The van der Waals surface area contributed by atoms with Crippen LogP contribution >= 0.6 is 23.2 Å². The number of nitrogens with one attached hydrogen (secondary N) is 1. The van der Waals surface area contributed by atoms with E-state index in [2.05, 4.69) is 5.32 Å². The molecule has 94 valence electrons. The number of ether oxygens (including phenoxy) is 1. The van der Waals surface area contributed by atoms with Crippen molar-refractivity contribution in [2.75, 3.05) is 19.0 Å². The van der Waals surface area contributed by atoms with Gasteiger partial charge in [-0.05, 0) is 18.2 Å². The molecule has 17 heavy (non-hydrogen) atoms. The first kappa shape index (κ1) is 14.3. The fraction of sp³-hybridized carbons (Fsp3) is 0.364. The molecule has 0 heterocycles. The van der Waals surface area contributed by atoms with Gasteiger partial charge in [-0.15, -0.1) is 0 Å². The number of halogens is 2. The highest BCUT2D eigenvalue weighted by molar-refractivity contribution is 6.42. The van der Waals surface area contributed by atoms with Crippen LogP contribution in [-0.4, -0.2) is 25.7 Å². The maximum Gasteiger partial charge on any atom is 0.227 e. The number of rotatable bonds is 5. The second kappa shape index (κ2) is 6.81. The molecule has 0 spiro atoms. The van der Waals surface area contributed by atoms with Crippen LogP contribution in [-0.2, 0) is 9.53 Å². The largest absolute Gasteiger partial charge is 0.380 e. The monoisotopic (exact) mass is 276 g/mol. The van der Waals surface area contributed by atoms with E-state index in [9.17, 15) is 4.79 Å². The van der Waals surface area contributed by atoms with E-state index in [0.29, 0.717) is 22.3 Å². The number of carbonyl (C=O) groups excluding carboxylic acids is 1. The van der Waals surface area contributed by atoms with Crippen LogP contribution in [0.5, 0.6) is 0 Å². The van der Waals surface area contributed by atoms with Crippen LogP contribution in [0.25, 0.3) is 0 Å². The predicted molar refractivity (Wildman–Crippen MR) is 69.6 cm³/mol. The lowest BCUT2D eigenvalue weighted by Crippen LogP contribution is -2.28. The molecule has 1 aromatic carbocycles. The molecule has 0 aliphatic heterocycles. The molecule has 3 N–H and O–H groups in total. The molecule has 6 heteroatoms. The van der Waals surface area contributed by atoms with E-state index in [0.717, 1.165) is 0 Å². The number of hydrogen-bond acceptors (Lipinski definition) is 3. The zero-order valence-corrected chi connectivity index (χ0v) is 10.9. The van der Waals surface area contributed by atoms with E-state index in [1.54, 1.807) is 18.2 Å². The molecule has 1 atom stereocenters. The molecular formula is C11H14Cl2N2O2. The molecule has 4 nitrogen and oxygen atoms in total. The molecule has 0 fully saturated rings. The number of hydrogen-bond donors (Lipinski definition) is 2. The van der Waals surface area contributed by atoms with Crippen LogP contribution in [0.3, 0.4) is 0 Å². The van der Waals surface area contributed by atoms with E-state index < -0.39 is 0 Å². The molecule has 1 unspecified atom stereocenters. The van der Waals surface area contributed by atoms with Crippen molar-refractivity contribution in [1.29, 1.82) is 0 Å². The highest BCUT2D eigenvalue weighted by Gasteiger charge is 2.11. The second-order valence-corrected chi connectivity index (χ2v) is 4.29. The quantitative estimate of drug-likeness (QED) is 0.868. The van der Waals surface area contributed by atoms with Crippen LogP contribution < -0.4 is 11.1 Å². The maximum absolute atomic E-state index is 11.6. The molecule has 1 aromatic rings. The molecule has 0 saturated carbocycles. The molecule has 0 aliphatic rings. The highest BCUT2D eigenvalue weighted by atomic mass is 35.5. The predicted octanol–water partition coefficient (Wildman–Crippen LogP) is 2.30. The van der Waals surface area contributed by atoms with Crippen molar-refractivity contribution in [2.24, 2.45) is 5.73 Å². The minimum atomic E-state index is -0.280. The minimum absolute atomic E-state index is 0.180. The molecule has 0 aromatic heterocycles. The SMILES string of the molecule is COC(CN)CC(=O)Nc1ccc(Cl)c(Cl)c1. The van der Waals surface area contributed by atoms with E-state index in [4.69, 9.17) is 33.7 Å². The van der Waals surface area contributed by atoms with Crippen molar-refractivity contribution in [3.63, 3.8) is 0 Å². The molecule has 0 saturated heterocycles. The van der Waals surface area contributed by atoms with Gasteiger partial charge in [0.15, 0.2) is 0 Å². The van der Waals surface area contributed by atoms with E-state index in [1.165, 1.54) is 7.11 Å². The summed E-state index contributed by atoms with van der Waals surface area (Å²) < 4.78 is 5.02. The molecule has 1 rings (SSSR count). The number of nitrogens with two attached hydrogens (primary N) is 1. The summed E-state index contributed by atoms with van der Waals surface area (Å²) in [7, 11) is 1.52. The van der Waals surface area contributed by atoms with Gasteiger partial charge in [0.25, 0.3) is 0 Å². The van der Waals surface area contributed by atoms with Gasteiger partial charge < -0.3 is 15.8 Å². The molecule has 0 bridgehead atoms. The van der Waals surface area contributed by atoms with Gasteiger partial charge in [-0.3, -0.25) is 4.79 Å². The van der Waals surface area contributed by atoms with Crippen LogP contribution in [0.4, 0.5) is 5.69 Å². The third kappa shape index (κ3) is 4.52. The Morgan fingerprint density at radius 1 is 1.47 bits per heavy atom. The Labute approximate surface area is 110 Å². The van der Waals surface area contributed by atoms with Crippen molar-refractivity contribution >= 4 is 34.8 Å². The molecular weight excluding hydrogens is 263 g/mol. The molecule has 1 amide bonds. The third-order valence-electron chi connectivity index (χ3n) is 2.21. The smallest absolute Gasteiger partial charge is 0.227 e. The Morgan fingerprint density at radius 3 is 2.71 bits per heavy atom. The number of amides is 1. The van der Waals surface area contributed by atoms with Gasteiger partial charge in [-0.1, -0.05) is 23.2 Å². The summed E-state index contributed by atoms with van der Waals surface area (Å²) in [6.45, 7) is 0.297. The summed E-state index contributed by atoms with van der Waals surface area (Å²) in [6.07, 6.45) is -0.0782. The van der Waals surface area contributed by atoms with Crippen LogP contribution in [0.1, 0.15) is 6.42 Å². The van der Waals surface area contributed by atoms with Crippen molar-refractivity contribution < 1.29 is 9.53 Å². The lowest BCUT2D eigenvalue weighted by atomic mass is 10.2. The van der Waals surface area contributed by atoms with Gasteiger partial charge in [0.2, 0.25) is 5.91 Å². The fourth-order valence-corrected chi connectivity index (χ4v) is 1.55. The number of benzene rings is 1. The number of carbonyl (C=O) groups is 1. The second-order valence-electron chi connectivity index (χ2n) is 3.47. The zero-order chi connectivity index (χ0) is 12.8. The van der Waals surface area contributed by atoms with E-state index >= 15 is 0 Å². The summed E-state index contributed by atoms with van der Waals surface area (Å²) >= 11 is 11.6. The topological polar surface area (TPSA) is 64.3 Å². The Hall–Kier alpha value is -0.810. The lowest BCUT2D eigenvalue weighted by Gasteiger charge is -2.12. The van der Waals surface area contributed by atoms with Crippen molar-refractivity contribution in [2.45, 2.75) is 12.5 Å². The summed E-state index contributed by atoms with van der Waals surface area (Å²) in [6, 6.07) is 4.89. The Bertz CT molecular complexity index is 395. The number of methoxy groups -OCH3 is 1. The van der Waals surface area contributed by atoms with Crippen LogP contribution in [0.2, 0.25) is 10.0 Å². The summed E-state index contributed by atoms with van der Waals surface area (Å²) in [5.74, 6) is -0.180. The van der Waals surface area contributed by atoms with Crippen LogP contribution in [0, 0.1) is 0 Å². The standard InChI is InChI=1S/C11H14Cl2N2O2/c1-17-8(6-14)5-11(16)15-7-2-3-9(12)10(13)4-7/h2-4,8H,5-6,14H2,1H3,(H,15,16). The minimum Gasteiger partial charge on any atom is -0.380 e. The van der Waals surface area contributed by atoms with Crippen molar-refractivity contribution in [3.05, 3.63) is 28.2 Å². The Kier molecular flexibility index (Phi) is 5.71. The molecule has 0 radical (unpaired) electrons. The third-order valence-corrected chi connectivity index (χ3v) is 2.95. The van der Waals surface area contributed by atoms with Crippen molar-refractivity contribution in [1.82, 2.24) is 0 Å². The van der Waals surface area contributed by atoms with Gasteiger partial charge in [0, 0.05) is 19.3 Å². The Morgan fingerprint density at radius 2 is 2.18 bits per heavy atom. The summed E-state index contributed by atoms with van der Waals surface area (Å²) in [5.41, 5.74) is 6.02. The maximum atomic E-state index is 11.6. The lowest BCUT2D eigenvalue weighted by molar-refractivity contribution is -0.118. The van der Waals surface area contributed by atoms with Gasteiger partial charge >= 0.3 is 0 Å². The van der Waals surface area contributed by atoms with Gasteiger partial charge in [-0.2, -0.15) is 0 Å². The van der Waals surface area contributed by atoms with E-state index in [-0.39, 0.29) is 18.4 Å². The van der Waals surface area contributed by atoms with Crippen molar-refractivity contribution in [3.8, 4) is 0 Å². The van der Waals surface area contributed by atoms with Gasteiger partial charge in [0.1, 0.15) is 0 Å². The Balaban J connectivity index is 2.58. The summed E-state index contributed by atoms with van der Waals surface area (Å²) in [5, 5.41) is 3.53. The molecule has 0 aliphatic carbocycles. The van der Waals surface area contributed by atoms with Gasteiger partial charge in [0.05, 0.1) is 22.6 Å². The first-order valence-corrected chi connectivity index (χ1v) is 5.80. The van der Waals surface area contributed by atoms with Gasteiger partial charge in [-0.25, -0.2) is 0 Å². The number of anilines is 1. The van der Waals surface area contributed by atoms with E-state index in [1.807, 2.05) is 0 Å². The zero-order valence-electron chi connectivity index (χ0n) is 9.37. The average molecular weight is 277 g/mol. The first-order valence-electron chi connectivity index (χ1n) is 5.04. The average Bonchev–Trinajstić information content (AvgIpc) is 2.31. The summed E-state index contributed by atoms with van der Waals surface area (Å²) in [4.78, 5) is 11.6. The normalized spacial score (nSPS) is 12.2. The first-order chi connectivity index (χ1) is 8.06.